The molecule has 1 aliphatic heterocycles. The molecule has 3 rings (SSSR count). The summed E-state index contributed by atoms with van der Waals surface area (Å²) in [6, 6.07) is 0. The summed E-state index contributed by atoms with van der Waals surface area (Å²) >= 11 is 1.59. The van der Waals surface area contributed by atoms with E-state index in [0.717, 1.165) is 30.9 Å². The van der Waals surface area contributed by atoms with Gasteiger partial charge in [-0.3, -0.25) is 9.59 Å². The molecule has 0 saturated carbocycles. The zero-order valence-electron chi connectivity index (χ0n) is 13.4. The first-order valence-electron chi connectivity index (χ1n) is 8.07. The number of carbonyl (C=O) groups is 2. The van der Waals surface area contributed by atoms with Gasteiger partial charge in [0.2, 0.25) is 11.8 Å². The van der Waals surface area contributed by atoms with E-state index >= 15 is 0 Å². The van der Waals surface area contributed by atoms with Crippen LogP contribution in [0, 0.1) is 0 Å². The number of thiazole rings is 1. The number of nitrogens with zero attached hydrogens (tertiary/aromatic N) is 4. The van der Waals surface area contributed by atoms with E-state index in [2.05, 4.69) is 14.5 Å². The van der Waals surface area contributed by atoms with Gasteiger partial charge in [-0.2, -0.15) is 0 Å². The van der Waals surface area contributed by atoms with Crippen LogP contribution < -0.4 is 5.73 Å². The van der Waals surface area contributed by atoms with E-state index in [0.29, 0.717) is 19.0 Å². The molecule has 2 N–H and O–H groups in total. The number of rotatable bonds is 6. The highest BCUT2D eigenvalue weighted by Gasteiger charge is 2.26. The van der Waals surface area contributed by atoms with E-state index in [9.17, 15) is 9.59 Å². The lowest BCUT2D eigenvalue weighted by Gasteiger charge is -2.32. The highest BCUT2D eigenvalue weighted by atomic mass is 32.1. The van der Waals surface area contributed by atoms with Gasteiger partial charge in [0.15, 0.2) is 0 Å². The van der Waals surface area contributed by atoms with Gasteiger partial charge in [-0.05, 0) is 12.8 Å². The van der Waals surface area contributed by atoms with E-state index in [4.69, 9.17) is 5.73 Å². The van der Waals surface area contributed by atoms with Crippen LogP contribution in [0.4, 0.5) is 0 Å². The van der Waals surface area contributed by atoms with Gasteiger partial charge in [0, 0.05) is 49.6 Å². The molecule has 8 heteroatoms. The Morgan fingerprint density at radius 2 is 2.04 bits per heavy atom. The van der Waals surface area contributed by atoms with Gasteiger partial charge in [0.1, 0.15) is 5.82 Å². The van der Waals surface area contributed by atoms with Crippen molar-refractivity contribution >= 4 is 23.2 Å². The second-order valence-corrected chi connectivity index (χ2v) is 6.73. The quantitative estimate of drug-likeness (QED) is 0.853. The van der Waals surface area contributed by atoms with Crippen LogP contribution in [0.25, 0.3) is 0 Å². The zero-order chi connectivity index (χ0) is 16.9. The summed E-state index contributed by atoms with van der Waals surface area (Å²) in [5, 5.41) is 2.05. The van der Waals surface area contributed by atoms with Gasteiger partial charge in [-0.25, -0.2) is 9.97 Å². The zero-order valence-corrected chi connectivity index (χ0v) is 14.2. The second kappa shape index (κ2) is 7.57. The van der Waals surface area contributed by atoms with Crippen LogP contribution in [0.1, 0.15) is 43.1 Å². The molecule has 0 radical (unpaired) electrons. The van der Waals surface area contributed by atoms with Gasteiger partial charge >= 0.3 is 0 Å². The minimum atomic E-state index is -0.428. The van der Waals surface area contributed by atoms with Gasteiger partial charge in [-0.1, -0.05) is 0 Å². The average Bonchev–Trinajstić information content (AvgIpc) is 3.25. The fourth-order valence-corrected chi connectivity index (χ4v) is 3.63. The topological polar surface area (TPSA) is 94.1 Å². The van der Waals surface area contributed by atoms with Crippen molar-refractivity contribution in [1.29, 1.82) is 0 Å². The summed E-state index contributed by atoms with van der Waals surface area (Å²) in [5.74, 6) is 0.992. The van der Waals surface area contributed by atoms with Crippen molar-refractivity contribution in [2.24, 2.45) is 5.73 Å². The number of hydrogen-bond acceptors (Lipinski definition) is 5. The predicted octanol–water partition coefficient (Wildman–Crippen LogP) is 1.36. The van der Waals surface area contributed by atoms with Crippen LogP contribution in [-0.2, 0) is 16.1 Å². The Morgan fingerprint density at radius 3 is 2.71 bits per heavy atom. The molecular formula is C16H21N5O2S. The Kier molecular flexibility index (Phi) is 5.24. The van der Waals surface area contributed by atoms with Crippen molar-refractivity contribution in [3.63, 3.8) is 0 Å². The number of aromatic nitrogens is 3. The maximum Gasteiger partial charge on any atom is 0.223 e. The predicted molar refractivity (Wildman–Crippen MR) is 90.4 cm³/mol. The lowest BCUT2D eigenvalue weighted by Crippen LogP contribution is -2.38. The molecule has 0 aromatic carbocycles. The first kappa shape index (κ1) is 16.6. The van der Waals surface area contributed by atoms with E-state index < -0.39 is 5.91 Å². The van der Waals surface area contributed by atoms with Crippen LogP contribution in [-0.4, -0.2) is 44.3 Å². The standard InChI is InChI=1S/C16H21N5O2S/c17-14(22)1-2-15(23)20-6-3-12(4-7-20)16-18-5-8-21(16)9-13-10-24-11-19-13/h5,8,10-12H,1-4,6-7,9H2,(H2,17,22). The first-order chi connectivity index (χ1) is 11.6. The number of likely N-dealkylation sites (tertiary alicyclic amines) is 1. The van der Waals surface area contributed by atoms with Gasteiger partial charge in [0.25, 0.3) is 0 Å². The number of carbonyl (C=O) groups excluding carboxylic acids is 2. The molecule has 0 bridgehead atoms. The maximum atomic E-state index is 12.1. The van der Waals surface area contributed by atoms with Gasteiger partial charge < -0.3 is 15.2 Å². The van der Waals surface area contributed by atoms with Crippen molar-refractivity contribution in [3.8, 4) is 0 Å². The van der Waals surface area contributed by atoms with E-state index in [-0.39, 0.29) is 18.7 Å². The number of piperidine rings is 1. The molecule has 1 fully saturated rings. The summed E-state index contributed by atoms with van der Waals surface area (Å²) in [7, 11) is 0. The Morgan fingerprint density at radius 1 is 1.25 bits per heavy atom. The number of amides is 2. The highest BCUT2D eigenvalue weighted by Crippen LogP contribution is 2.27. The summed E-state index contributed by atoms with van der Waals surface area (Å²) in [4.78, 5) is 33.5. The van der Waals surface area contributed by atoms with Gasteiger partial charge in [-0.15, -0.1) is 11.3 Å². The van der Waals surface area contributed by atoms with Crippen LogP contribution >= 0.6 is 11.3 Å². The van der Waals surface area contributed by atoms with Crippen molar-refractivity contribution in [1.82, 2.24) is 19.4 Å². The molecule has 1 aliphatic rings. The minimum Gasteiger partial charge on any atom is -0.370 e. The molecule has 24 heavy (non-hydrogen) atoms. The van der Waals surface area contributed by atoms with Gasteiger partial charge in [0.05, 0.1) is 17.7 Å². The van der Waals surface area contributed by atoms with Crippen molar-refractivity contribution in [2.45, 2.75) is 38.1 Å². The SMILES string of the molecule is NC(=O)CCC(=O)N1CCC(c2nccn2Cc2cscn2)CC1. The fourth-order valence-electron chi connectivity index (χ4n) is 3.08. The summed E-state index contributed by atoms with van der Waals surface area (Å²) < 4.78 is 2.14. The summed E-state index contributed by atoms with van der Waals surface area (Å²) in [6.07, 6.45) is 5.91. The average molecular weight is 347 g/mol. The Bertz CT molecular complexity index is 689. The number of hydrogen-bond donors (Lipinski definition) is 1. The Hall–Kier alpha value is -2.22. The fraction of sp³-hybridized carbons (Fsp3) is 0.500. The molecule has 0 aliphatic carbocycles. The molecule has 2 amide bonds. The molecular weight excluding hydrogens is 326 g/mol. The minimum absolute atomic E-state index is 0.0121. The molecule has 3 heterocycles. The van der Waals surface area contributed by atoms with Crippen LogP contribution in [0.5, 0.6) is 0 Å². The molecule has 2 aromatic heterocycles. The normalized spacial score (nSPS) is 15.6. The van der Waals surface area contributed by atoms with E-state index in [1.165, 1.54) is 0 Å². The lowest BCUT2D eigenvalue weighted by atomic mass is 9.95. The van der Waals surface area contributed by atoms with Crippen LogP contribution in [0.2, 0.25) is 0 Å². The van der Waals surface area contributed by atoms with E-state index in [1.54, 1.807) is 11.3 Å². The maximum absolute atomic E-state index is 12.1. The molecule has 0 unspecified atom stereocenters. The largest absolute Gasteiger partial charge is 0.370 e. The van der Waals surface area contributed by atoms with Crippen LogP contribution in [0.15, 0.2) is 23.3 Å². The third-order valence-corrected chi connectivity index (χ3v) is 5.00. The number of primary amides is 1. The molecule has 2 aromatic rings. The molecule has 0 spiro atoms. The number of nitrogens with two attached hydrogens (primary N) is 1. The number of imidazole rings is 1. The Labute approximate surface area is 144 Å². The summed E-state index contributed by atoms with van der Waals surface area (Å²) in [6.45, 7) is 2.13. The lowest BCUT2D eigenvalue weighted by molar-refractivity contribution is -0.134. The third kappa shape index (κ3) is 4.00. The third-order valence-electron chi connectivity index (χ3n) is 4.36. The van der Waals surface area contributed by atoms with Crippen LogP contribution in [0.3, 0.4) is 0 Å². The molecule has 7 nitrogen and oxygen atoms in total. The molecule has 128 valence electrons. The van der Waals surface area contributed by atoms with Crippen molar-refractivity contribution in [3.05, 3.63) is 34.8 Å². The Balaban J connectivity index is 1.56. The second-order valence-electron chi connectivity index (χ2n) is 6.01. The monoisotopic (exact) mass is 347 g/mol. The molecule has 1 saturated heterocycles. The summed E-state index contributed by atoms with van der Waals surface area (Å²) in [5.41, 5.74) is 7.98. The van der Waals surface area contributed by atoms with Crippen molar-refractivity contribution in [2.75, 3.05) is 13.1 Å². The first-order valence-corrected chi connectivity index (χ1v) is 9.02. The van der Waals surface area contributed by atoms with Crippen molar-refractivity contribution < 1.29 is 9.59 Å². The van der Waals surface area contributed by atoms with E-state index in [1.807, 2.05) is 28.2 Å². The smallest absolute Gasteiger partial charge is 0.223 e. The molecule has 0 atom stereocenters. The highest BCUT2D eigenvalue weighted by molar-refractivity contribution is 7.07.